The van der Waals surface area contributed by atoms with E-state index in [0.29, 0.717) is 22.4 Å². The molecule has 1 aromatic rings. The quantitative estimate of drug-likeness (QED) is 0.825. The molecule has 0 saturated carbocycles. The van der Waals surface area contributed by atoms with Crippen LogP contribution in [0.3, 0.4) is 0 Å². The molecule has 0 aliphatic carbocycles. The zero-order valence-electron chi connectivity index (χ0n) is 11.4. The highest BCUT2D eigenvalue weighted by Crippen LogP contribution is 2.27. The van der Waals surface area contributed by atoms with Crippen molar-refractivity contribution in [1.82, 2.24) is 0 Å². The van der Waals surface area contributed by atoms with Crippen molar-refractivity contribution in [2.75, 3.05) is 26.2 Å². The Hall–Kier alpha value is -0.440. The second-order valence-electron chi connectivity index (χ2n) is 5.48. The van der Waals surface area contributed by atoms with E-state index >= 15 is 0 Å². The van der Waals surface area contributed by atoms with E-state index in [1.165, 1.54) is 32.5 Å². The summed E-state index contributed by atoms with van der Waals surface area (Å²) in [5, 5.41) is 1.29. The van der Waals surface area contributed by atoms with Crippen molar-refractivity contribution in [2.24, 2.45) is 5.92 Å². The van der Waals surface area contributed by atoms with E-state index < -0.39 is 0 Å². The maximum Gasteiger partial charge on any atom is 0.139 e. The lowest BCUT2D eigenvalue weighted by Gasteiger charge is -2.27. The number of nitrogens with one attached hydrogen (secondary N) is 1. The zero-order valence-corrected chi connectivity index (χ0v) is 12.9. The van der Waals surface area contributed by atoms with Gasteiger partial charge in [-0.2, -0.15) is 0 Å². The Labute approximate surface area is 125 Å². The summed E-state index contributed by atoms with van der Waals surface area (Å²) in [6.45, 7) is 6.85. The first-order chi connectivity index (χ1) is 9.15. The molecule has 0 radical (unpaired) electrons. The second-order valence-corrected chi connectivity index (χ2v) is 6.32. The fraction of sp³-hybridized carbons (Fsp3) is 0.600. The summed E-state index contributed by atoms with van der Waals surface area (Å²) >= 11 is 12.0. The van der Waals surface area contributed by atoms with Gasteiger partial charge in [0.2, 0.25) is 0 Å². The molecule has 106 valence electrons. The van der Waals surface area contributed by atoms with Crippen LogP contribution in [0.4, 0.5) is 0 Å². The minimum atomic E-state index is 0.628. The summed E-state index contributed by atoms with van der Waals surface area (Å²) in [7, 11) is 0. The second kappa shape index (κ2) is 7.37. The van der Waals surface area contributed by atoms with Gasteiger partial charge in [-0.1, -0.05) is 30.1 Å². The van der Waals surface area contributed by atoms with Crippen LogP contribution in [-0.2, 0) is 0 Å². The number of halogens is 2. The third kappa shape index (κ3) is 4.87. The Morgan fingerprint density at radius 1 is 1.37 bits per heavy atom. The van der Waals surface area contributed by atoms with E-state index in [1.54, 1.807) is 23.1 Å². The van der Waals surface area contributed by atoms with E-state index in [4.69, 9.17) is 27.9 Å². The van der Waals surface area contributed by atoms with Crippen molar-refractivity contribution in [2.45, 2.75) is 26.2 Å². The Morgan fingerprint density at radius 3 is 3.00 bits per heavy atom. The Bertz CT molecular complexity index is 411. The highest BCUT2D eigenvalue weighted by molar-refractivity contribution is 6.34. The van der Waals surface area contributed by atoms with Crippen molar-refractivity contribution in [3.05, 3.63) is 28.2 Å². The lowest BCUT2D eigenvalue weighted by Crippen LogP contribution is -3.13. The van der Waals surface area contributed by atoms with Crippen molar-refractivity contribution in [3.8, 4) is 5.75 Å². The third-order valence-electron chi connectivity index (χ3n) is 3.69. The van der Waals surface area contributed by atoms with Gasteiger partial charge in [-0.15, -0.1) is 0 Å². The minimum Gasteiger partial charge on any atom is -0.492 e. The Kier molecular flexibility index (Phi) is 5.80. The number of ether oxygens (including phenoxy) is 1. The van der Waals surface area contributed by atoms with Crippen molar-refractivity contribution in [3.63, 3.8) is 0 Å². The summed E-state index contributed by atoms with van der Waals surface area (Å²) in [6.07, 6.45) is 3.81. The fourth-order valence-electron chi connectivity index (χ4n) is 2.72. The number of rotatable bonds is 5. The van der Waals surface area contributed by atoms with E-state index in [1.807, 2.05) is 0 Å². The molecule has 1 aliphatic rings. The predicted molar refractivity (Wildman–Crippen MR) is 80.5 cm³/mol. The molecule has 1 aromatic carbocycles. The largest absolute Gasteiger partial charge is 0.492 e. The van der Waals surface area contributed by atoms with Crippen molar-refractivity contribution < 1.29 is 9.64 Å². The van der Waals surface area contributed by atoms with Gasteiger partial charge in [-0.05, 0) is 25.0 Å². The van der Waals surface area contributed by atoms with Gasteiger partial charge < -0.3 is 9.64 Å². The van der Waals surface area contributed by atoms with Crippen molar-refractivity contribution in [1.29, 1.82) is 0 Å². The number of benzene rings is 1. The number of likely N-dealkylation sites (tertiary alicyclic amines) is 1. The van der Waals surface area contributed by atoms with Crippen LogP contribution in [0.15, 0.2) is 18.2 Å². The van der Waals surface area contributed by atoms with Crippen LogP contribution in [0.25, 0.3) is 0 Å². The van der Waals surface area contributed by atoms with Crippen LogP contribution < -0.4 is 9.64 Å². The van der Waals surface area contributed by atoms with Gasteiger partial charge >= 0.3 is 0 Å². The van der Waals surface area contributed by atoms with Gasteiger partial charge in [-0.3, -0.25) is 0 Å². The molecule has 1 heterocycles. The molecule has 0 amide bonds. The molecule has 2 nitrogen and oxygen atoms in total. The molecular weight excluding hydrogens is 281 g/mol. The van der Waals surface area contributed by atoms with Crippen LogP contribution >= 0.6 is 23.2 Å². The molecule has 0 aromatic heterocycles. The maximum absolute atomic E-state index is 6.05. The molecule has 1 saturated heterocycles. The monoisotopic (exact) mass is 302 g/mol. The third-order valence-corrected chi connectivity index (χ3v) is 4.24. The Morgan fingerprint density at radius 2 is 2.21 bits per heavy atom. The number of quaternary nitrogens is 1. The standard InChI is InChI=1S/C15H21Cl2NO/c1-12-4-2-7-18(11-12)8-3-9-19-15-10-13(16)5-6-14(15)17/h5-6,10,12H,2-4,7-9,11H2,1H3/p+1/t12-/m0/s1. The molecule has 1 aliphatic heterocycles. The molecule has 2 rings (SSSR count). The first kappa shape index (κ1) is 15.0. The zero-order chi connectivity index (χ0) is 13.7. The highest BCUT2D eigenvalue weighted by Gasteiger charge is 2.18. The fourth-order valence-corrected chi connectivity index (χ4v) is 3.05. The first-order valence-electron chi connectivity index (χ1n) is 7.06. The molecule has 0 spiro atoms. The average molecular weight is 303 g/mol. The molecule has 19 heavy (non-hydrogen) atoms. The van der Waals surface area contributed by atoms with Gasteiger partial charge in [0.1, 0.15) is 5.75 Å². The summed E-state index contributed by atoms with van der Waals surface area (Å²) < 4.78 is 5.71. The molecule has 0 bridgehead atoms. The number of hydrogen-bond acceptors (Lipinski definition) is 1. The smallest absolute Gasteiger partial charge is 0.139 e. The summed E-state index contributed by atoms with van der Waals surface area (Å²) in [4.78, 5) is 1.71. The van der Waals surface area contributed by atoms with Gasteiger partial charge in [0, 0.05) is 23.4 Å². The van der Waals surface area contributed by atoms with Gasteiger partial charge in [0.15, 0.2) is 0 Å². The molecule has 2 atom stereocenters. The molecular formula is C15H22Cl2NO+. The molecule has 1 unspecified atom stereocenters. The SMILES string of the molecule is C[C@H]1CCC[NH+](CCCOc2cc(Cl)ccc2Cl)C1. The molecule has 4 heteroatoms. The number of piperidine rings is 1. The lowest BCUT2D eigenvalue weighted by atomic mass is 10.0. The van der Waals surface area contributed by atoms with Crippen LogP contribution in [-0.4, -0.2) is 26.2 Å². The molecule has 1 fully saturated rings. The van der Waals surface area contributed by atoms with Crippen LogP contribution in [0, 0.1) is 5.92 Å². The lowest BCUT2D eigenvalue weighted by molar-refractivity contribution is -0.908. The van der Waals surface area contributed by atoms with Crippen LogP contribution in [0.2, 0.25) is 10.0 Å². The summed E-state index contributed by atoms with van der Waals surface area (Å²) in [5.41, 5.74) is 0. The summed E-state index contributed by atoms with van der Waals surface area (Å²) in [6, 6.07) is 5.33. The van der Waals surface area contributed by atoms with E-state index in [-0.39, 0.29) is 0 Å². The number of hydrogen-bond donors (Lipinski definition) is 1. The van der Waals surface area contributed by atoms with Crippen LogP contribution in [0.5, 0.6) is 5.75 Å². The maximum atomic E-state index is 6.05. The highest BCUT2D eigenvalue weighted by atomic mass is 35.5. The van der Waals surface area contributed by atoms with Gasteiger partial charge in [0.05, 0.1) is 31.3 Å². The van der Waals surface area contributed by atoms with Gasteiger partial charge in [-0.25, -0.2) is 0 Å². The molecule has 1 N–H and O–H groups in total. The van der Waals surface area contributed by atoms with E-state index in [2.05, 4.69) is 6.92 Å². The topological polar surface area (TPSA) is 13.7 Å². The predicted octanol–water partition coefficient (Wildman–Crippen LogP) is 3.08. The normalized spacial score (nSPS) is 23.3. The first-order valence-corrected chi connectivity index (χ1v) is 7.82. The average Bonchev–Trinajstić information content (AvgIpc) is 2.39. The van der Waals surface area contributed by atoms with E-state index in [0.717, 1.165) is 12.3 Å². The van der Waals surface area contributed by atoms with E-state index in [9.17, 15) is 0 Å². The van der Waals surface area contributed by atoms with Gasteiger partial charge in [0.25, 0.3) is 0 Å². The Balaban J connectivity index is 1.70. The summed E-state index contributed by atoms with van der Waals surface area (Å²) in [5.74, 6) is 1.56. The van der Waals surface area contributed by atoms with Crippen molar-refractivity contribution >= 4 is 23.2 Å². The van der Waals surface area contributed by atoms with Crippen LogP contribution in [0.1, 0.15) is 26.2 Å². The minimum absolute atomic E-state index is 0.628.